The van der Waals surface area contributed by atoms with Crippen LogP contribution in [0.3, 0.4) is 0 Å². The minimum absolute atomic E-state index is 0.00495. The number of benzene rings is 1. The molecule has 0 saturated carbocycles. The number of likely N-dealkylation sites (tertiary alicyclic amines) is 1. The molecule has 170 valence electrons. The summed E-state index contributed by atoms with van der Waals surface area (Å²) in [6.45, 7) is 3.24. The lowest BCUT2D eigenvalue weighted by atomic mass is 10.1. The Morgan fingerprint density at radius 2 is 2.03 bits per heavy atom. The molecular formula is C21H22ClFN4O3S2. The number of anilines is 1. The van der Waals surface area contributed by atoms with E-state index in [0.717, 1.165) is 25.0 Å². The fraction of sp³-hybridized carbons (Fsp3) is 0.333. The van der Waals surface area contributed by atoms with Gasteiger partial charge in [-0.1, -0.05) is 17.7 Å². The van der Waals surface area contributed by atoms with Crippen LogP contribution in [0.5, 0.6) is 0 Å². The number of aryl methyl sites for hydroxylation is 1. The van der Waals surface area contributed by atoms with Crippen LogP contribution in [0.15, 0.2) is 40.7 Å². The molecule has 1 aliphatic rings. The summed E-state index contributed by atoms with van der Waals surface area (Å²) in [5.74, 6) is -0.930. The number of carbonyl (C=O) groups is 1. The summed E-state index contributed by atoms with van der Waals surface area (Å²) in [5, 5.41) is 2.27. The van der Waals surface area contributed by atoms with Gasteiger partial charge in [0.1, 0.15) is 16.4 Å². The Bertz CT molecular complexity index is 1250. The third-order valence-corrected chi connectivity index (χ3v) is 7.84. The zero-order chi connectivity index (χ0) is 22.9. The molecule has 1 saturated heterocycles. The van der Waals surface area contributed by atoms with Crippen molar-refractivity contribution in [2.24, 2.45) is 0 Å². The maximum Gasteiger partial charge on any atom is 0.263 e. The quantitative estimate of drug-likeness (QED) is 0.543. The van der Waals surface area contributed by atoms with Gasteiger partial charge in [-0.15, -0.1) is 11.3 Å². The van der Waals surface area contributed by atoms with Crippen LogP contribution in [0.25, 0.3) is 10.7 Å². The Labute approximate surface area is 194 Å². The minimum Gasteiger partial charge on any atom is -0.341 e. The standard InChI is InChI=1S/C21H22ClFN4O3S2/c1-14-13-31-21(24-14)18-10-15(11-27(18)12-19(28)26-8-3-2-4-9-26)32(29,30)25-17-7-5-6-16(22)20(17)23/h5-7,10-11,13,25H,2-4,8-9,12H2,1H3. The minimum atomic E-state index is -4.13. The number of hydrogen-bond acceptors (Lipinski definition) is 5. The van der Waals surface area contributed by atoms with Gasteiger partial charge in [0, 0.05) is 30.4 Å². The van der Waals surface area contributed by atoms with Gasteiger partial charge in [0.15, 0.2) is 5.82 Å². The van der Waals surface area contributed by atoms with Crippen molar-refractivity contribution in [2.45, 2.75) is 37.6 Å². The molecule has 1 N–H and O–H groups in total. The second-order valence-electron chi connectivity index (χ2n) is 7.63. The van der Waals surface area contributed by atoms with E-state index in [2.05, 4.69) is 9.71 Å². The fourth-order valence-corrected chi connectivity index (χ4v) is 5.69. The zero-order valence-electron chi connectivity index (χ0n) is 17.3. The smallest absolute Gasteiger partial charge is 0.263 e. The monoisotopic (exact) mass is 496 g/mol. The lowest BCUT2D eigenvalue weighted by molar-refractivity contribution is -0.132. The van der Waals surface area contributed by atoms with Crippen molar-refractivity contribution in [2.75, 3.05) is 17.8 Å². The number of thiazole rings is 1. The molecule has 3 aromatic rings. The number of carbonyl (C=O) groups excluding carboxylic acids is 1. The van der Waals surface area contributed by atoms with E-state index in [-0.39, 0.29) is 28.1 Å². The normalized spacial score (nSPS) is 14.5. The van der Waals surface area contributed by atoms with Gasteiger partial charge in [-0.05, 0) is 44.4 Å². The molecule has 1 aliphatic heterocycles. The maximum absolute atomic E-state index is 14.3. The van der Waals surface area contributed by atoms with Gasteiger partial charge in [-0.25, -0.2) is 17.8 Å². The van der Waals surface area contributed by atoms with Gasteiger partial charge in [0.25, 0.3) is 10.0 Å². The molecule has 1 aromatic carbocycles. The van der Waals surface area contributed by atoms with E-state index in [9.17, 15) is 17.6 Å². The number of amides is 1. The van der Waals surface area contributed by atoms with Crippen molar-refractivity contribution in [3.8, 4) is 10.7 Å². The van der Waals surface area contributed by atoms with Crippen molar-refractivity contribution in [3.05, 3.63) is 52.4 Å². The molecule has 32 heavy (non-hydrogen) atoms. The van der Waals surface area contributed by atoms with Crippen molar-refractivity contribution >= 4 is 44.6 Å². The molecule has 0 bridgehead atoms. The Kier molecular flexibility index (Phi) is 6.55. The Morgan fingerprint density at radius 1 is 1.28 bits per heavy atom. The van der Waals surface area contributed by atoms with E-state index in [0.29, 0.717) is 23.8 Å². The fourth-order valence-electron chi connectivity index (χ4n) is 3.59. The van der Waals surface area contributed by atoms with Gasteiger partial charge in [-0.2, -0.15) is 0 Å². The lowest BCUT2D eigenvalue weighted by Gasteiger charge is -2.27. The molecule has 7 nitrogen and oxygen atoms in total. The van der Waals surface area contributed by atoms with Crippen molar-refractivity contribution in [1.82, 2.24) is 14.5 Å². The van der Waals surface area contributed by atoms with Gasteiger partial charge >= 0.3 is 0 Å². The van der Waals surface area contributed by atoms with Crippen LogP contribution in [0.2, 0.25) is 5.02 Å². The predicted octanol–water partition coefficient (Wildman–Crippen LogP) is 4.53. The molecular weight excluding hydrogens is 475 g/mol. The van der Waals surface area contributed by atoms with E-state index in [4.69, 9.17) is 11.6 Å². The SMILES string of the molecule is Cc1csc(-c2cc(S(=O)(=O)Nc3cccc(Cl)c3F)cn2CC(=O)N2CCCCC2)n1. The third-order valence-electron chi connectivity index (χ3n) is 5.23. The first kappa shape index (κ1) is 22.8. The van der Waals surface area contributed by atoms with E-state index >= 15 is 0 Å². The number of rotatable bonds is 6. The van der Waals surface area contributed by atoms with E-state index in [1.54, 1.807) is 9.47 Å². The molecule has 0 unspecified atom stereocenters. The average molecular weight is 497 g/mol. The Hall–Kier alpha value is -2.43. The first-order valence-corrected chi connectivity index (χ1v) is 12.9. The molecule has 11 heteroatoms. The number of piperidine rings is 1. The third kappa shape index (κ3) is 4.82. The molecule has 0 atom stereocenters. The maximum atomic E-state index is 14.3. The number of nitrogens with zero attached hydrogens (tertiary/aromatic N) is 3. The van der Waals surface area contributed by atoms with Crippen LogP contribution in [0, 0.1) is 12.7 Å². The van der Waals surface area contributed by atoms with Crippen LogP contribution in [-0.4, -0.2) is 41.9 Å². The first-order chi connectivity index (χ1) is 15.2. The van der Waals surface area contributed by atoms with Gasteiger partial charge < -0.3 is 9.47 Å². The predicted molar refractivity (Wildman–Crippen MR) is 123 cm³/mol. The summed E-state index contributed by atoms with van der Waals surface area (Å²) in [4.78, 5) is 19.0. The summed E-state index contributed by atoms with van der Waals surface area (Å²) in [7, 11) is -4.13. The van der Waals surface area contributed by atoms with Gasteiger partial charge in [-0.3, -0.25) is 9.52 Å². The van der Waals surface area contributed by atoms with E-state index in [1.165, 1.54) is 41.8 Å². The first-order valence-electron chi connectivity index (χ1n) is 10.1. The van der Waals surface area contributed by atoms with Crippen LogP contribution in [0.1, 0.15) is 25.0 Å². The molecule has 1 fully saturated rings. The number of halogens is 2. The molecule has 0 aliphatic carbocycles. The second kappa shape index (κ2) is 9.21. The number of aromatic nitrogens is 2. The topological polar surface area (TPSA) is 84.3 Å². The molecule has 0 radical (unpaired) electrons. The summed E-state index contributed by atoms with van der Waals surface area (Å²) in [5.41, 5.74) is 1.06. The van der Waals surface area contributed by atoms with Crippen molar-refractivity contribution < 1.29 is 17.6 Å². The highest BCUT2D eigenvalue weighted by Crippen LogP contribution is 2.30. The summed E-state index contributed by atoms with van der Waals surface area (Å²) >= 11 is 7.13. The van der Waals surface area contributed by atoms with Crippen LogP contribution >= 0.6 is 22.9 Å². The van der Waals surface area contributed by atoms with Crippen LogP contribution in [-0.2, 0) is 21.4 Å². The second-order valence-corrected chi connectivity index (χ2v) is 10.6. The summed E-state index contributed by atoms with van der Waals surface area (Å²) in [6, 6.07) is 5.53. The average Bonchev–Trinajstić information content (AvgIpc) is 3.38. The highest BCUT2D eigenvalue weighted by Gasteiger charge is 2.24. The van der Waals surface area contributed by atoms with E-state index in [1.807, 2.05) is 12.3 Å². The number of nitrogens with one attached hydrogen (secondary N) is 1. The van der Waals surface area contributed by atoms with Crippen molar-refractivity contribution in [1.29, 1.82) is 0 Å². The van der Waals surface area contributed by atoms with Gasteiger partial charge in [0.2, 0.25) is 5.91 Å². The van der Waals surface area contributed by atoms with Crippen LogP contribution < -0.4 is 4.72 Å². The highest BCUT2D eigenvalue weighted by molar-refractivity contribution is 7.92. The summed E-state index contributed by atoms with van der Waals surface area (Å²) < 4.78 is 44.1. The molecule has 1 amide bonds. The number of sulfonamides is 1. The van der Waals surface area contributed by atoms with Crippen LogP contribution in [0.4, 0.5) is 10.1 Å². The Morgan fingerprint density at radius 3 is 2.72 bits per heavy atom. The Balaban J connectivity index is 1.68. The molecule has 0 spiro atoms. The largest absolute Gasteiger partial charge is 0.341 e. The molecule has 3 heterocycles. The molecule has 2 aromatic heterocycles. The lowest BCUT2D eigenvalue weighted by Crippen LogP contribution is -2.37. The van der Waals surface area contributed by atoms with E-state index < -0.39 is 15.8 Å². The van der Waals surface area contributed by atoms with Gasteiger partial charge in [0.05, 0.1) is 16.4 Å². The number of hydrogen-bond donors (Lipinski definition) is 1. The summed E-state index contributed by atoms with van der Waals surface area (Å²) in [6.07, 6.45) is 4.42. The highest BCUT2D eigenvalue weighted by atomic mass is 35.5. The molecule has 4 rings (SSSR count). The van der Waals surface area contributed by atoms with Crippen molar-refractivity contribution in [3.63, 3.8) is 0 Å². The zero-order valence-corrected chi connectivity index (χ0v) is 19.7.